The summed E-state index contributed by atoms with van der Waals surface area (Å²) in [4.78, 5) is 12.5. The lowest BCUT2D eigenvalue weighted by Gasteiger charge is -2.03. The van der Waals surface area contributed by atoms with Crippen LogP contribution in [0.15, 0.2) is 53.3 Å². The monoisotopic (exact) mass is 268 g/mol. The fourth-order valence-electron chi connectivity index (χ4n) is 2.51. The van der Waals surface area contributed by atoms with Crippen molar-refractivity contribution in [2.24, 2.45) is 0 Å². The van der Waals surface area contributed by atoms with E-state index in [4.69, 9.17) is 0 Å². The molecule has 1 heterocycles. The van der Waals surface area contributed by atoms with Crippen molar-refractivity contribution in [2.45, 2.75) is 20.0 Å². The highest BCUT2D eigenvalue weighted by molar-refractivity contribution is 5.76. The van der Waals surface area contributed by atoms with Gasteiger partial charge in [-0.05, 0) is 36.8 Å². The number of aromatic hydroxyl groups is 1. The van der Waals surface area contributed by atoms with Gasteiger partial charge in [0, 0.05) is 6.54 Å². The molecule has 0 spiro atoms. The molecule has 0 aliphatic heterocycles. The van der Waals surface area contributed by atoms with Crippen LogP contribution in [0.2, 0.25) is 0 Å². The van der Waals surface area contributed by atoms with Gasteiger partial charge in [-0.25, -0.2) is 4.79 Å². The number of aromatic nitrogens is 2. The van der Waals surface area contributed by atoms with Gasteiger partial charge in [0.1, 0.15) is 5.75 Å². The van der Waals surface area contributed by atoms with E-state index in [2.05, 4.69) is 0 Å². The van der Waals surface area contributed by atoms with Gasteiger partial charge < -0.3 is 5.11 Å². The molecule has 3 rings (SSSR count). The molecule has 1 N–H and O–H groups in total. The molecule has 0 saturated heterocycles. The minimum absolute atomic E-state index is 0.00164. The normalized spacial score (nSPS) is 11.1. The van der Waals surface area contributed by atoms with E-state index in [9.17, 15) is 9.90 Å². The molecule has 20 heavy (non-hydrogen) atoms. The SMILES string of the molecule is CCn1c(=O)n(Cc2ccc(O)cc2)c2ccccc21. The molecule has 0 radical (unpaired) electrons. The van der Waals surface area contributed by atoms with Gasteiger partial charge in [-0.3, -0.25) is 9.13 Å². The van der Waals surface area contributed by atoms with Gasteiger partial charge in [0.05, 0.1) is 17.6 Å². The number of para-hydroxylation sites is 2. The molecule has 0 unspecified atom stereocenters. The number of rotatable bonds is 3. The molecule has 0 aliphatic carbocycles. The Hall–Kier alpha value is -2.49. The Kier molecular flexibility index (Phi) is 3.06. The summed E-state index contributed by atoms with van der Waals surface area (Å²) in [5.41, 5.74) is 2.89. The molecule has 3 aromatic rings. The minimum Gasteiger partial charge on any atom is -0.508 e. The summed E-state index contributed by atoms with van der Waals surface area (Å²) in [6, 6.07) is 14.8. The van der Waals surface area contributed by atoms with Crippen LogP contribution in [0.25, 0.3) is 11.0 Å². The van der Waals surface area contributed by atoms with Crippen molar-refractivity contribution < 1.29 is 5.11 Å². The van der Waals surface area contributed by atoms with Gasteiger partial charge in [-0.1, -0.05) is 24.3 Å². The standard InChI is InChI=1S/C16H16N2O2/c1-2-17-14-5-3-4-6-15(14)18(16(17)20)11-12-7-9-13(19)10-8-12/h3-10,19H,2,11H2,1H3. The number of hydrogen-bond donors (Lipinski definition) is 1. The first-order valence-electron chi connectivity index (χ1n) is 6.66. The van der Waals surface area contributed by atoms with Crippen LogP contribution >= 0.6 is 0 Å². The minimum atomic E-state index is 0.00164. The lowest BCUT2D eigenvalue weighted by Crippen LogP contribution is -2.24. The van der Waals surface area contributed by atoms with Crippen molar-refractivity contribution in [1.29, 1.82) is 0 Å². The molecule has 0 amide bonds. The summed E-state index contributed by atoms with van der Waals surface area (Å²) in [6.45, 7) is 3.13. The highest BCUT2D eigenvalue weighted by Crippen LogP contribution is 2.16. The number of fused-ring (bicyclic) bond motifs is 1. The predicted molar refractivity (Wildman–Crippen MR) is 79.1 cm³/mol. The largest absolute Gasteiger partial charge is 0.508 e. The zero-order valence-electron chi connectivity index (χ0n) is 11.3. The average Bonchev–Trinajstić information content (AvgIpc) is 2.74. The molecule has 102 valence electrons. The van der Waals surface area contributed by atoms with E-state index in [1.54, 1.807) is 21.3 Å². The number of nitrogens with zero attached hydrogens (tertiary/aromatic N) is 2. The van der Waals surface area contributed by atoms with Crippen LogP contribution in [-0.4, -0.2) is 14.2 Å². The molecule has 2 aromatic carbocycles. The Balaban J connectivity index is 2.14. The Morgan fingerprint density at radius 3 is 2.15 bits per heavy atom. The summed E-state index contributed by atoms with van der Waals surface area (Å²) < 4.78 is 3.54. The van der Waals surface area contributed by atoms with Crippen LogP contribution in [0.5, 0.6) is 5.75 Å². The van der Waals surface area contributed by atoms with Crippen molar-refractivity contribution in [3.05, 3.63) is 64.6 Å². The average molecular weight is 268 g/mol. The van der Waals surface area contributed by atoms with Gasteiger partial charge in [0.25, 0.3) is 0 Å². The molecular weight excluding hydrogens is 252 g/mol. The van der Waals surface area contributed by atoms with E-state index < -0.39 is 0 Å². The van der Waals surface area contributed by atoms with Gasteiger partial charge in [0.15, 0.2) is 0 Å². The number of aryl methyl sites for hydroxylation is 1. The summed E-state index contributed by atoms with van der Waals surface area (Å²) in [5, 5.41) is 9.32. The molecule has 0 fully saturated rings. The van der Waals surface area contributed by atoms with E-state index in [-0.39, 0.29) is 11.4 Å². The third-order valence-corrected chi connectivity index (χ3v) is 3.52. The quantitative estimate of drug-likeness (QED) is 0.793. The van der Waals surface area contributed by atoms with E-state index >= 15 is 0 Å². The van der Waals surface area contributed by atoms with Crippen LogP contribution in [-0.2, 0) is 13.1 Å². The zero-order chi connectivity index (χ0) is 14.1. The molecule has 4 nitrogen and oxygen atoms in total. The Labute approximate surface area is 116 Å². The molecule has 1 aromatic heterocycles. The number of benzene rings is 2. The number of phenolic OH excluding ortho intramolecular Hbond substituents is 1. The first-order valence-corrected chi connectivity index (χ1v) is 6.66. The van der Waals surface area contributed by atoms with Gasteiger partial charge in [-0.2, -0.15) is 0 Å². The smallest absolute Gasteiger partial charge is 0.329 e. The number of phenols is 1. The first-order chi connectivity index (χ1) is 9.70. The summed E-state index contributed by atoms with van der Waals surface area (Å²) in [5.74, 6) is 0.233. The van der Waals surface area contributed by atoms with Crippen LogP contribution in [0.3, 0.4) is 0 Å². The van der Waals surface area contributed by atoms with Crippen molar-refractivity contribution in [3.8, 4) is 5.75 Å². The van der Waals surface area contributed by atoms with Crippen LogP contribution < -0.4 is 5.69 Å². The van der Waals surface area contributed by atoms with Crippen molar-refractivity contribution in [2.75, 3.05) is 0 Å². The second-order valence-corrected chi connectivity index (χ2v) is 4.77. The molecule has 0 saturated carbocycles. The lowest BCUT2D eigenvalue weighted by atomic mass is 10.2. The fraction of sp³-hybridized carbons (Fsp3) is 0.188. The maximum absolute atomic E-state index is 12.5. The zero-order valence-corrected chi connectivity index (χ0v) is 11.3. The Bertz CT molecular complexity index is 797. The molecular formula is C16H16N2O2. The van der Waals surface area contributed by atoms with E-state index in [0.29, 0.717) is 13.1 Å². The molecule has 0 bridgehead atoms. The first kappa shape index (κ1) is 12.5. The van der Waals surface area contributed by atoms with Crippen LogP contribution in [0.1, 0.15) is 12.5 Å². The summed E-state index contributed by atoms with van der Waals surface area (Å²) >= 11 is 0. The predicted octanol–water partition coefficient (Wildman–Crippen LogP) is 2.58. The van der Waals surface area contributed by atoms with Crippen molar-refractivity contribution in [1.82, 2.24) is 9.13 Å². The molecule has 4 heteroatoms. The van der Waals surface area contributed by atoms with Crippen molar-refractivity contribution in [3.63, 3.8) is 0 Å². The van der Waals surface area contributed by atoms with Gasteiger partial charge in [-0.15, -0.1) is 0 Å². The van der Waals surface area contributed by atoms with Crippen molar-refractivity contribution >= 4 is 11.0 Å². The summed E-state index contributed by atoms with van der Waals surface area (Å²) in [6.07, 6.45) is 0. The van der Waals surface area contributed by atoms with Gasteiger partial charge >= 0.3 is 5.69 Å². The van der Waals surface area contributed by atoms with E-state index in [1.807, 2.05) is 43.3 Å². The Morgan fingerprint density at radius 1 is 0.950 bits per heavy atom. The molecule has 0 aliphatic rings. The third-order valence-electron chi connectivity index (χ3n) is 3.52. The number of imidazole rings is 1. The lowest BCUT2D eigenvalue weighted by molar-refractivity contribution is 0.475. The van der Waals surface area contributed by atoms with Gasteiger partial charge in [0.2, 0.25) is 0 Å². The molecule has 0 atom stereocenters. The Morgan fingerprint density at radius 2 is 1.55 bits per heavy atom. The topological polar surface area (TPSA) is 47.2 Å². The number of hydrogen-bond acceptors (Lipinski definition) is 2. The third kappa shape index (κ3) is 1.99. The second-order valence-electron chi connectivity index (χ2n) is 4.77. The van der Waals surface area contributed by atoms with Crippen LogP contribution in [0.4, 0.5) is 0 Å². The van der Waals surface area contributed by atoms with Crippen LogP contribution in [0, 0.1) is 0 Å². The second kappa shape index (κ2) is 4.89. The summed E-state index contributed by atoms with van der Waals surface area (Å²) in [7, 11) is 0. The highest BCUT2D eigenvalue weighted by atomic mass is 16.3. The fourth-order valence-corrected chi connectivity index (χ4v) is 2.51. The maximum Gasteiger partial charge on any atom is 0.329 e. The van der Waals surface area contributed by atoms with E-state index in [1.165, 1.54) is 0 Å². The maximum atomic E-state index is 12.5. The highest BCUT2D eigenvalue weighted by Gasteiger charge is 2.11. The van der Waals surface area contributed by atoms with E-state index in [0.717, 1.165) is 16.6 Å².